The summed E-state index contributed by atoms with van der Waals surface area (Å²) in [5.41, 5.74) is 0.968. The van der Waals surface area contributed by atoms with Crippen molar-refractivity contribution in [2.75, 3.05) is 26.2 Å². The molecule has 1 atom stereocenters. The third-order valence-electron chi connectivity index (χ3n) is 3.64. The highest BCUT2D eigenvalue weighted by molar-refractivity contribution is 5.81. The second-order valence-corrected chi connectivity index (χ2v) is 6.67. The van der Waals surface area contributed by atoms with Gasteiger partial charge >= 0.3 is 0 Å². The zero-order valence-electron chi connectivity index (χ0n) is 13.3. The minimum Gasteiger partial charge on any atom is -0.374 e. The van der Waals surface area contributed by atoms with E-state index in [1.54, 1.807) is 0 Å². The molecule has 1 fully saturated rings. The summed E-state index contributed by atoms with van der Waals surface area (Å²) in [7, 11) is 0. The van der Waals surface area contributed by atoms with Crippen LogP contribution in [0, 0.1) is 5.41 Å². The molecule has 21 heavy (non-hydrogen) atoms. The number of benzene rings is 1. The summed E-state index contributed by atoms with van der Waals surface area (Å²) in [4.78, 5) is 14.3. The molecule has 0 saturated carbocycles. The standard InChI is InChI=1S/C17H26N2O2/c1-17(2,3)16(20)18-11-15-13-19(9-10-21-15)12-14-7-5-4-6-8-14/h4-8,15H,9-13H2,1-3H3,(H,18,20). The van der Waals surface area contributed by atoms with Gasteiger partial charge in [0.15, 0.2) is 0 Å². The van der Waals surface area contributed by atoms with E-state index in [1.807, 2.05) is 26.8 Å². The highest BCUT2D eigenvalue weighted by atomic mass is 16.5. The van der Waals surface area contributed by atoms with Gasteiger partial charge in [-0.3, -0.25) is 9.69 Å². The topological polar surface area (TPSA) is 41.6 Å². The molecule has 1 saturated heterocycles. The van der Waals surface area contributed by atoms with Crippen LogP contribution in [0.5, 0.6) is 0 Å². The Kier molecular flexibility index (Phi) is 5.37. The van der Waals surface area contributed by atoms with E-state index < -0.39 is 0 Å². The highest BCUT2D eigenvalue weighted by Gasteiger charge is 2.24. The fourth-order valence-electron chi connectivity index (χ4n) is 2.36. The van der Waals surface area contributed by atoms with Gasteiger partial charge in [0.05, 0.1) is 12.7 Å². The van der Waals surface area contributed by atoms with Gasteiger partial charge in [-0.25, -0.2) is 0 Å². The molecule has 0 bridgehead atoms. The Morgan fingerprint density at radius 1 is 1.33 bits per heavy atom. The van der Waals surface area contributed by atoms with Crippen LogP contribution in [-0.2, 0) is 16.1 Å². The lowest BCUT2D eigenvalue weighted by molar-refractivity contribution is -0.129. The average molecular weight is 290 g/mol. The van der Waals surface area contributed by atoms with Crippen LogP contribution in [0.25, 0.3) is 0 Å². The second kappa shape index (κ2) is 7.05. The summed E-state index contributed by atoms with van der Waals surface area (Å²) < 4.78 is 5.75. The lowest BCUT2D eigenvalue weighted by atomic mass is 9.95. The van der Waals surface area contributed by atoms with Crippen molar-refractivity contribution in [3.63, 3.8) is 0 Å². The quantitative estimate of drug-likeness (QED) is 0.923. The molecule has 1 aromatic rings. The van der Waals surface area contributed by atoms with E-state index in [4.69, 9.17) is 4.74 Å². The molecular weight excluding hydrogens is 264 g/mol. The van der Waals surface area contributed by atoms with Crippen LogP contribution in [-0.4, -0.2) is 43.2 Å². The first-order valence-electron chi connectivity index (χ1n) is 7.61. The van der Waals surface area contributed by atoms with Crippen molar-refractivity contribution in [2.45, 2.75) is 33.4 Å². The predicted octanol–water partition coefficient (Wildman–Crippen LogP) is 2.05. The fraction of sp³-hybridized carbons (Fsp3) is 0.588. The number of carbonyl (C=O) groups is 1. The van der Waals surface area contributed by atoms with Crippen LogP contribution in [0.2, 0.25) is 0 Å². The number of nitrogens with one attached hydrogen (secondary N) is 1. The molecule has 4 nitrogen and oxygen atoms in total. The Bertz CT molecular complexity index is 454. The summed E-state index contributed by atoms with van der Waals surface area (Å²) in [6, 6.07) is 10.5. The summed E-state index contributed by atoms with van der Waals surface area (Å²) in [5.74, 6) is 0.0753. The second-order valence-electron chi connectivity index (χ2n) is 6.67. The molecule has 2 rings (SSSR count). The van der Waals surface area contributed by atoms with Crippen LogP contribution >= 0.6 is 0 Å². The summed E-state index contributed by atoms with van der Waals surface area (Å²) in [6.07, 6.45) is 0.0776. The fourth-order valence-corrected chi connectivity index (χ4v) is 2.36. The lowest BCUT2D eigenvalue weighted by Crippen LogP contribution is -2.48. The summed E-state index contributed by atoms with van der Waals surface area (Å²) in [5, 5.41) is 2.99. The number of morpholine rings is 1. The molecule has 0 aromatic heterocycles. The van der Waals surface area contributed by atoms with Crippen LogP contribution < -0.4 is 5.32 Å². The van der Waals surface area contributed by atoms with Gasteiger partial charge in [0.1, 0.15) is 0 Å². The minimum atomic E-state index is -0.349. The van der Waals surface area contributed by atoms with E-state index in [0.717, 1.165) is 26.2 Å². The molecule has 1 aliphatic rings. The summed E-state index contributed by atoms with van der Waals surface area (Å²) in [6.45, 7) is 9.82. The van der Waals surface area contributed by atoms with Gasteiger partial charge in [0, 0.05) is 31.6 Å². The van der Waals surface area contributed by atoms with Crippen molar-refractivity contribution in [1.82, 2.24) is 10.2 Å². The third-order valence-corrected chi connectivity index (χ3v) is 3.64. The maximum Gasteiger partial charge on any atom is 0.225 e. The van der Waals surface area contributed by atoms with E-state index in [2.05, 4.69) is 34.5 Å². The molecule has 0 radical (unpaired) electrons. The number of rotatable bonds is 4. The van der Waals surface area contributed by atoms with Gasteiger partial charge in [0.2, 0.25) is 5.91 Å². The summed E-state index contributed by atoms with van der Waals surface area (Å²) >= 11 is 0. The molecule has 4 heteroatoms. The van der Waals surface area contributed by atoms with Crippen LogP contribution in [0.1, 0.15) is 26.3 Å². The van der Waals surface area contributed by atoms with Gasteiger partial charge < -0.3 is 10.1 Å². The zero-order valence-corrected chi connectivity index (χ0v) is 13.3. The monoisotopic (exact) mass is 290 g/mol. The molecular formula is C17H26N2O2. The van der Waals surface area contributed by atoms with E-state index in [1.165, 1.54) is 5.56 Å². The average Bonchev–Trinajstić information content (AvgIpc) is 2.45. The van der Waals surface area contributed by atoms with Crippen molar-refractivity contribution in [1.29, 1.82) is 0 Å². The Morgan fingerprint density at radius 3 is 2.71 bits per heavy atom. The molecule has 0 aliphatic carbocycles. The van der Waals surface area contributed by atoms with Gasteiger partial charge in [0.25, 0.3) is 0 Å². The van der Waals surface area contributed by atoms with Crippen LogP contribution in [0.4, 0.5) is 0 Å². The zero-order chi connectivity index (χ0) is 15.3. The van der Waals surface area contributed by atoms with E-state index >= 15 is 0 Å². The number of nitrogens with zero attached hydrogens (tertiary/aromatic N) is 1. The SMILES string of the molecule is CC(C)(C)C(=O)NCC1CN(Cc2ccccc2)CCO1. The first-order chi connectivity index (χ1) is 9.95. The normalized spacial score (nSPS) is 20.2. The van der Waals surface area contributed by atoms with Gasteiger partial charge in [-0.05, 0) is 5.56 Å². The maximum absolute atomic E-state index is 11.9. The van der Waals surface area contributed by atoms with Crippen LogP contribution in [0.15, 0.2) is 30.3 Å². The largest absolute Gasteiger partial charge is 0.374 e. The van der Waals surface area contributed by atoms with Gasteiger partial charge in [-0.2, -0.15) is 0 Å². The third kappa shape index (κ3) is 5.14. The molecule has 1 N–H and O–H groups in total. The Morgan fingerprint density at radius 2 is 2.05 bits per heavy atom. The molecule has 0 spiro atoms. The Labute approximate surface area is 127 Å². The highest BCUT2D eigenvalue weighted by Crippen LogP contribution is 2.13. The number of carbonyl (C=O) groups excluding carboxylic acids is 1. The molecule has 1 aliphatic heterocycles. The van der Waals surface area contributed by atoms with E-state index in [0.29, 0.717) is 6.54 Å². The van der Waals surface area contributed by atoms with Crippen molar-refractivity contribution in [3.05, 3.63) is 35.9 Å². The van der Waals surface area contributed by atoms with Crippen molar-refractivity contribution in [3.8, 4) is 0 Å². The number of hydrogen-bond donors (Lipinski definition) is 1. The van der Waals surface area contributed by atoms with Crippen LogP contribution in [0.3, 0.4) is 0 Å². The van der Waals surface area contributed by atoms with Gasteiger partial charge in [-0.1, -0.05) is 51.1 Å². The lowest BCUT2D eigenvalue weighted by Gasteiger charge is -2.33. The predicted molar refractivity (Wildman–Crippen MR) is 83.9 cm³/mol. The van der Waals surface area contributed by atoms with Crippen molar-refractivity contribution >= 4 is 5.91 Å². The number of hydrogen-bond acceptors (Lipinski definition) is 3. The first kappa shape index (κ1) is 16.0. The van der Waals surface area contributed by atoms with Crippen molar-refractivity contribution in [2.24, 2.45) is 5.41 Å². The molecule has 1 unspecified atom stereocenters. The Hall–Kier alpha value is -1.39. The minimum absolute atomic E-state index is 0.0753. The molecule has 116 valence electrons. The van der Waals surface area contributed by atoms with E-state index in [-0.39, 0.29) is 17.4 Å². The van der Waals surface area contributed by atoms with Gasteiger partial charge in [-0.15, -0.1) is 0 Å². The smallest absolute Gasteiger partial charge is 0.225 e. The maximum atomic E-state index is 11.9. The number of amides is 1. The van der Waals surface area contributed by atoms with Crippen molar-refractivity contribution < 1.29 is 9.53 Å². The molecule has 1 amide bonds. The van der Waals surface area contributed by atoms with E-state index in [9.17, 15) is 4.79 Å². The molecule has 1 heterocycles. The Balaban J connectivity index is 1.80. The molecule has 1 aromatic carbocycles. The first-order valence-corrected chi connectivity index (χ1v) is 7.61. The number of ether oxygens (including phenoxy) is 1.